The Kier molecular flexibility index (Phi) is 5.32. The Bertz CT molecular complexity index is 546. The summed E-state index contributed by atoms with van der Waals surface area (Å²) in [6, 6.07) is 3.81. The first-order valence-corrected chi connectivity index (χ1v) is 7.60. The maximum absolute atomic E-state index is 13.7. The molecule has 108 valence electrons. The van der Waals surface area contributed by atoms with Crippen molar-refractivity contribution in [1.29, 1.82) is 0 Å². The molecule has 0 aromatic heterocycles. The fraction of sp³-hybridized carbons (Fsp3) is 0.500. The van der Waals surface area contributed by atoms with E-state index in [1.807, 2.05) is 0 Å². The summed E-state index contributed by atoms with van der Waals surface area (Å²) in [4.78, 5) is -0.472. The van der Waals surface area contributed by atoms with E-state index in [1.165, 1.54) is 12.1 Å². The van der Waals surface area contributed by atoms with Crippen molar-refractivity contribution in [2.45, 2.75) is 25.2 Å². The molecule has 0 spiro atoms. The van der Waals surface area contributed by atoms with Crippen molar-refractivity contribution in [3.05, 3.63) is 29.0 Å². The third kappa shape index (κ3) is 4.42. The maximum atomic E-state index is 13.7. The number of benzene rings is 1. The number of hydrogen-bond donors (Lipinski definition) is 2. The lowest BCUT2D eigenvalue weighted by atomic mass is 9.90. The first-order chi connectivity index (χ1) is 8.69. The predicted molar refractivity (Wildman–Crippen MR) is 72.1 cm³/mol. The lowest BCUT2D eigenvalue weighted by Crippen LogP contribution is -2.35. The molecular weight excluding hydrogens is 293 g/mol. The molecule has 1 aromatic carbocycles. The van der Waals surface area contributed by atoms with Crippen LogP contribution in [-0.2, 0) is 10.0 Å². The van der Waals surface area contributed by atoms with Gasteiger partial charge < -0.3 is 5.11 Å². The average molecular weight is 310 g/mol. The van der Waals surface area contributed by atoms with Crippen LogP contribution in [0.5, 0.6) is 0 Å². The zero-order chi connectivity index (χ0) is 14.7. The van der Waals surface area contributed by atoms with Gasteiger partial charge in [0.05, 0.1) is 5.02 Å². The second-order valence-electron chi connectivity index (χ2n) is 5.01. The number of aliphatic hydroxyl groups excluding tert-OH is 1. The summed E-state index contributed by atoms with van der Waals surface area (Å²) < 4.78 is 40.0. The summed E-state index contributed by atoms with van der Waals surface area (Å²) in [5.41, 5.74) is -0.420. The van der Waals surface area contributed by atoms with Gasteiger partial charge in [-0.05, 0) is 24.0 Å². The molecule has 4 nitrogen and oxygen atoms in total. The van der Waals surface area contributed by atoms with Crippen LogP contribution >= 0.6 is 11.6 Å². The van der Waals surface area contributed by atoms with E-state index in [0.717, 1.165) is 6.07 Å². The molecule has 0 aliphatic heterocycles. The minimum absolute atomic E-state index is 0.0414. The molecule has 0 unspecified atom stereocenters. The summed E-state index contributed by atoms with van der Waals surface area (Å²) in [7, 11) is -3.96. The summed E-state index contributed by atoms with van der Waals surface area (Å²) >= 11 is 5.56. The van der Waals surface area contributed by atoms with Gasteiger partial charge in [0.15, 0.2) is 5.82 Å². The number of rotatable bonds is 6. The van der Waals surface area contributed by atoms with E-state index in [1.54, 1.807) is 13.8 Å². The van der Waals surface area contributed by atoms with Crippen LogP contribution in [0.3, 0.4) is 0 Å². The lowest BCUT2D eigenvalue weighted by Gasteiger charge is -2.23. The number of nitrogens with one attached hydrogen (secondary N) is 1. The van der Waals surface area contributed by atoms with Gasteiger partial charge in [-0.25, -0.2) is 17.5 Å². The molecule has 0 atom stereocenters. The Hall–Kier alpha value is -0.690. The third-order valence-electron chi connectivity index (χ3n) is 2.74. The van der Waals surface area contributed by atoms with Crippen LogP contribution in [-0.4, -0.2) is 26.7 Å². The molecule has 0 amide bonds. The van der Waals surface area contributed by atoms with Crippen molar-refractivity contribution < 1.29 is 17.9 Å². The lowest BCUT2D eigenvalue weighted by molar-refractivity contribution is 0.213. The molecule has 0 saturated carbocycles. The van der Waals surface area contributed by atoms with Crippen molar-refractivity contribution in [2.75, 3.05) is 13.2 Å². The standard InChI is InChI=1S/C12H17ClFNO3S/c1-12(2,6-7-16)8-15-19(17,18)10-5-3-4-9(13)11(10)14/h3-5,15-16H,6-8H2,1-2H3. The molecule has 1 rings (SSSR count). The Balaban J connectivity index is 2.91. The van der Waals surface area contributed by atoms with Gasteiger partial charge in [0.1, 0.15) is 4.90 Å². The highest BCUT2D eigenvalue weighted by Crippen LogP contribution is 2.23. The van der Waals surface area contributed by atoms with Crippen molar-refractivity contribution in [1.82, 2.24) is 4.72 Å². The molecule has 0 radical (unpaired) electrons. The molecule has 7 heteroatoms. The first-order valence-electron chi connectivity index (χ1n) is 5.74. The van der Waals surface area contributed by atoms with E-state index in [2.05, 4.69) is 4.72 Å². The molecule has 19 heavy (non-hydrogen) atoms. The van der Waals surface area contributed by atoms with Gasteiger partial charge in [-0.2, -0.15) is 0 Å². The first kappa shape index (κ1) is 16.4. The minimum atomic E-state index is -3.96. The second kappa shape index (κ2) is 6.17. The van der Waals surface area contributed by atoms with Crippen LogP contribution in [0.25, 0.3) is 0 Å². The SMILES string of the molecule is CC(C)(CCO)CNS(=O)(=O)c1cccc(Cl)c1F. The number of halogens is 2. The molecule has 0 fully saturated rings. The molecule has 0 bridgehead atoms. The molecule has 0 aliphatic carbocycles. The van der Waals surface area contributed by atoms with E-state index >= 15 is 0 Å². The van der Waals surface area contributed by atoms with Crippen molar-refractivity contribution in [3.63, 3.8) is 0 Å². The van der Waals surface area contributed by atoms with Crippen LogP contribution in [0, 0.1) is 11.2 Å². The van der Waals surface area contributed by atoms with Gasteiger partial charge in [-0.15, -0.1) is 0 Å². The Morgan fingerprint density at radius 3 is 2.63 bits per heavy atom. The topological polar surface area (TPSA) is 66.4 Å². The fourth-order valence-electron chi connectivity index (χ4n) is 1.45. The van der Waals surface area contributed by atoms with E-state index < -0.39 is 26.2 Å². The number of sulfonamides is 1. The number of aliphatic hydroxyl groups is 1. The predicted octanol–water partition coefficient (Wildman–Crippen LogP) is 2.17. The Morgan fingerprint density at radius 2 is 2.05 bits per heavy atom. The highest BCUT2D eigenvalue weighted by molar-refractivity contribution is 7.89. The quantitative estimate of drug-likeness (QED) is 0.846. The Morgan fingerprint density at radius 1 is 1.42 bits per heavy atom. The molecule has 1 aromatic rings. The monoisotopic (exact) mass is 309 g/mol. The number of hydrogen-bond acceptors (Lipinski definition) is 3. The molecular formula is C12H17ClFNO3S. The van der Waals surface area contributed by atoms with E-state index in [9.17, 15) is 12.8 Å². The Labute approximate surface area is 117 Å². The van der Waals surface area contributed by atoms with Gasteiger partial charge in [0.2, 0.25) is 10.0 Å². The zero-order valence-corrected chi connectivity index (χ0v) is 12.4. The normalized spacial score (nSPS) is 12.7. The molecule has 0 heterocycles. The van der Waals surface area contributed by atoms with E-state index in [4.69, 9.17) is 16.7 Å². The molecule has 0 aliphatic rings. The van der Waals surface area contributed by atoms with Gasteiger partial charge in [-0.1, -0.05) is 31.5 Å². The third-order valence-corrected chi connectivity index (χ3v) is 4.45. The summed E-state index contributed by atoms with van der Waals surface area (Å²) in [6.07, 6.45) is 0.438. The second-order valence-corrected chi connectivity index (χ2v) is 7.16. The smallest absolute Gasteiger partial charge is 0.243 e. The van der Waals surface area contributed by atoms with Crippen LogP contribution in [0.15, 0.2) is 23.1 Å². The zero-order valence-electron chi connectivity index (χ0n) is 10.8. The van der Waals surface area contributed by atoms with Crippen molar-refractivity contribution in [2.24, 2.45) is 5.41 Å². The van der Waals surface area contributed by atoms with Gasteiger partial charge in [0, 0.05) is 13.2 Å². The van der Waals surface area contributed by atoms with Gasteiger partial charge >= 0.3 is 0 Å². The summed E-state index contributed by atoms with van der Waals surface area (Å²) in [5, 5.41) is 8.64. The van der Waals surface area contributed by atoms with Crippen LogP contribution in [0.2, 0.25) is 5.02 Å². The van der Waals surface area contributed by atoms with Crippen LogP contribution < -0.4 is 4.72 Å². The highest BCUT2D eigenvalue weighted by atomic mass is 35.5. The van der Waals surface area contributed by atoms with Crippen molar-refractivity contribution in [3.8, 4) is 0 Å². The maximum Gasteiger partial charge on any atom is 0.243 e. The summed E-state index contributed by atoms with van der Waals surface area (Å²) in [6.45, 7) is 3.67. The van der Waals surface area contributed by atoms with Crippen molar-refractivity contribution >= 4 is 21.6 Å². The molecule has 2 N–H and O–H groups in total. The summed E-state index contributed by atoms with van der Waals surface area (Å²) in [5.74, 6) is -0.961. The van der Waals surface area contributed by atoms with Gasteiger partial charge in [-0.3, -0.25) is 0 Å². The van der Waals surface area contributed by atoms with E-state index in [0.29, 0.717) is 6.42 Å². The highest BCUT2D eigenvalue weighted by Gasteiger charge is 2.24. The average Bonchev–Trinajstić information content (AvgIpc) is 2.30. The van der Waals surface area contributed by atoms with Gasteiger partial charge in [0.25, 0.3) is 0 Å². The van der Waals surface area contributed by atoms with E-state index in [-0.39, 0.29) is 18.2 Å². The minimum Gasteiger partial charge on any atom is -0.396 e. The fourth-order valence-corrected chi connectivity index (χ4v) is 3.02. The molecule has 0 saturated heterocycles. The van der Waals surface area contributed by atoms with Crippen LogP contribution in [0.1, 0.15) is 20.3 Å². The van der Waals surface area contributed by atoms with Crippen LogP contribution in [0.4, 0.5) is 4.39 Å². The largest absolute Gasteiger partial charge is 0.396 e.